The molecule has 0 bridgehead atoms. The number of aliphatic imine (C=N–C) groups is 1. The van der Waals surface area contributed by atoms with Gasteiger partial charge in [-0.25, -0.2) is 9.79 Å². The SMILES string of the molecule is C=C(NCCN(C)CCNC(=O)NC=N/C(=C\Sc1cccc(C(F)(F)F)c1)c1cccc(Cl)c1)S/C=C(\C)c1cccc(C)c1. The molecule has 2 amide bonds. The number of alkyl halides is 3. The Morgan fingerprint density at radius 2 is 1.67 bits per heavy atom. The number of thioether (sulfide) groups is 2. The van der Waals surface area contributed by atoms with Crippen molar-refractivity contribution in [1.82, 2.24) is 20.9 Å². The minimum atomic E-state index is -4.44. The van der Waals surface area contributed by atoms with E-state index in [2.05, 4.69) is 69.9 Å². The molecule has 12 heteroatoms. The van der Waals surface area contributed by atoms with E-state index in [1.54, 1.807) is 47.5 Å². The molecule has 0 aliphatic heterocycles. The first-order chi connectivity index (χ1) is 21.9. The van der Waals surface area contributed by atoms with E-state index in [-0.39, 0.29) is 0 Å². The number of nitrogens with zero attached hydrogens (tertiary/aromatic N) is 2. The van der Waals surface area contributed by atoms with Crippen LogP contribution in [0.3, 0.4) is 0 Å². The number of halogens is 4. The lowest BCUT2D eigenvalue weighted by molar-refractivity contribution is -0.137. The molecule has 3 aromatic carbocycles. The average molecular weight is 688 g/mol. The largest absolute Gasteiger partial charge is 0.416 e. The summed E-state index contributed by atoms with van der Waals surface area (Å²) < 4.78 is 39.4. The van der Waals surface area contributed by atoms with E-state index in [4.69, 9.17) is 11.6 Å². The molecule has 0 atom stereocenters. The Balaban J connectivity index is 1.42. The van der Waals surface area contributed by atoms with Gasteiger partial charge in [0.1, 0.15) is 0 Å². The summed E-state index contributed by atoms with van der Waals surface area (Å²) in [4.78, 5) is 19.2. The van der Waals surface area contributed by atoms with E-state index in [1.165, 1.54) is 29.1 Å². The first-order valence-electron chi connectivity index (χ1n) is 14.3. The minimum absolute atomic E-state index is 0.391. The lowest BCUT2D eigenvalue weighted by atomic mass is 10.1. The Kier molecular flexibility index (Phi) is 14.8. The first-order valence-corrected chi connectivity index (χ1v) is 16.4. The molecule has 3 N–H and O–H groups in total. The second kappa shape index (κ2) is 18.5. The maximum Gasteiger partial charge on any atom is 0.416 e. The number of benzene rings is 3. The zero-order chi connectivity index (χ0) is 33.5. The van der Waals surface area contributed by atoms with Gasteiger partial charge in [0.2, 0.25) is 0 Å². The van der Waals surface area contributed by atoms with Gasteiger partial charge in [-0.05, 0) is 67.8 Å². The molecule has 0 aliphatic carbocycles. The standard InChI is InChI=1S/C34H37ClF3N5OS2/c1-24-8-5-9-27(18-24)25(2)21-45-26(3)39-14-16-43(4)17-15-40-33(44)42-23-41-32(28-10-6-12-30(35)19-28)22-46-31-13-7-11-29(20-31)34(36,37)38/h5-13,18-23,39H,3,14-17H2,1-2,4H3,(H2,40,41,42,44)/b25-21+,32-22-. The fourth-order valence-electron chi connectivity index (χ4n) is 3.92. The highest BCUT2D eigenvalue weighted by Gasteiger charge is 2.30. The number of rotatable bonds is 15. The molecule has 3 aromatic rings. The number of hydrogen-bond acceptors (Lipinski definition) is 6. The van der Waals surface area contributed by atoms with Crippen LogP contribution in [0, 0.1) is 6.92 Å². The van der Waals surface area contributed by atoms with E-state index in [0.29, 0.717) is 40.8 Å². The Morgan fingerprint density at radius 3 is 2.39 bits per heavy atom. The molecule has 0 fully saturated rings. The predicted molar refractivity (Wildman–Crippen MR) is 189 cm³/mol. The van der Waals surface area contributed by atoms with Gasteiger partial charge in [-0.2, -0.15) is 13.2 Å². The monoisotopic (exact) mass is 687 g/mol. The van der Waals surface area contributed by atoms with Crippen LogP contribution in [0.4, 0.5) is 18.0 Å². The van der Waals surface area contributed by atoms with E-state index in [1.807, 2.05) is 13.1 Å². The molecule has 46 heavy (non-hydrogen) atoms. The number of aryl methyl sites for hydroxylation is 1. The molecule has 0 aliphatic rings. The van der Waals surface area contributed by atoms with Crippen LogP contribution in [0.1, 0.15) is 29.2 Å². The Hall–Kier alpha value is -3.64. The highest BCUT2D eigenvalue weighted by Crippen LogP contribution is 2.33. The van der Waals surface area contributed by atoms with Gasteiger partial charge in [-0.15, -0.1) is 0 Å². The molecule has 0 saturated carbocycles. The van der Waals surface area contributed by atoms with Crippen molar-refractivity contribution in [1.29, 1.82) is 0 Å². The van der Waals surface area contributed by atoms with Crippen molar-refractivity contribution in [3.05, 3.63) is 122 Å². The maximum absolute atomic E-state index is 13.1. The van der Waals surface area contributed by atoms with Crippen LogP contribution in [0.2, 0.25) is 5.02 Å². The highest BCUT2D eigenvalue weighted by molar-refractivity contribution is 8.05. The third-order valence-corrected chi connectivity index (χ3v) is 8.44. The summed E-state index contributed by atoms with van der Waals surface area (Å²) in [5, 5.41) is 13.7. The van der Waals surface area contributed by atoms with E-state index >= 15 is 0 Å². The van der Waals surface area contributed by atoms with Gasteiger partial charge in [0.15, 0.2) is 0 Å². The van der Waals surface area contributed by atoms with Crippen LogP contribution in [-0.4, -0.2) is 50.5 Å². The van der Waals surface area contributed by atoms with Crippen LogP contribution in [-0.2, 0) is 6.18 Å². The maximum atomic E-state index is 13.1. The van der Waals surface area contributed by atoms with Crippen molar-refractivity contribution < 1.29 is 18.0 Å². The minimum Gasteiger partial charge on any atom is -0.379 e. The molecule has 0 heterocycles. The van der Waals surface area contributed by atoms with Crippen LogP contribution in [0.5, 0.6) is 0 Å². The molecular weight excluding hydrogens is 651 g/mol. The fourth-order valence-corrected chi connectivity index (χ4v) is 5.55. The summed E-state index contributed by atoms with van der Waals surface area (Å²) in [6.07, 6.45) is -3.20. The van der Waals surface area contributed by atoms with Crippen LogP contribution in [0.25, 0.3) is 11.3 Å². The molecule has 0 unspecified atom stereocenters. The molecule has 6 nitrogen and oxygen atoms in total. The molecule has 244 valence electrons. The lowest BCUT2D eigenvalue weighted by Crippen LogP contribution is -2.40. The third-order valence-electron chi connectivity index (χ3n) is 6.43. The van der Waals surface area contributed by atoms with Crippen LogP contribution >= 0.6 is 35.1 Å². The van der Waals surface area contributed by atoms with Crippen molar-refractivity contribution in [3.8, 4) is 0 Å². The number of carbonyl (C=O) groups is 1. The quantitative estimate of drug-likeness (QED) is 0.0846. The predicted octanol–water partition coefficient (Wildman–Crippen LogP) is 8.87. The summed E-state index contributed by atoms with van der Waals surface area (Å²) >= 11 is 8.77. The fraction of sp³-hybridized carbons (Fsp3) is 0.235. The summed E-state index contributed by atoms with van der Waals surface area (Å²) in [6, 6.07) is 19.8. The van der Waals surface area contributed by atoms with Crippen LogP contribution in [0.15, 0.2) is 105 Å². The van der Waals surface area contributed by atoms with Gasteiger partial charge in [0.25, 0.3) is 0 Å². The zero-order valence-corrected chi connectivity index (χ0v) is 28.2. The zero-order valence-electron chi connectivity index (χ0n) is 25.8. The smallest absolute Gasteiger partial charge is 0.379 e. The normalized spacial score (nSPS) is 12.4. The topological polar surface area (TPSA) is 68.8 Å². The number of urea groups is 1. The molecule has 0 spiro atoms. The summed E-state index contributed by atoms with van der Waals surface area (Å²) in [5.74, 6) is 0. The number of amides is 2. The van der Waals surface area contributed by atoms with Crippen molar-refractivity contribution in [2.75, 3.05) is 33.2 Å². The molecular formula is C34H37ClF3N5OS2. The van der Waals surface area contributed by atoms with E-state index in [9.17, 15) is 18.0 Å². The molecule has 3 rings (SSSR count). The number of allylic oxidation sites excluding steroid dienone is 1. The van der Waals surface area contributed by atoms with Crippen molar-refractivity contribution >= 4 is 58.8 Å². The molecule has 0 aromatic heterocycles. The second-order valence-electron chi connectivity index (χ2n) is 10.3. The molecule has 0 saturated heterocycles. The van der Waals surface area contributed by atoms with Crippen molar-refractivity contribution in [2.45, 2.75) is 24.9 Å². The summed E-state index contributed by atoms with van der Waals surface area (Å²) in [7, 11) is 1.96. The van der Waals surface area contributed by atoms with Crippen molar-refractivity contribution in [3.63, 3.8) is 0 Å². The summed E-state index contributed by atoms with van der Waals surface area (Å²) in [6.45, 7) is 10.7. The average Bonchev–Trinajstić information content (AvgIpc) is 3.01. The number of hydrogen-bond donors (Lipinski definition) is 3. The number of nitrogens with one attached hydrogen (secondary N) is 3. The van der Waals surface area contributed by atoms with Gasteiger partial charge < -0.3 is 15.5 Å². The first kappa shape index (κ1) is 36.8. The van der Waals surface area contributed by atoms with Crippen LogP contribution < -0.4 is 16.0 Å². The summed E-state index contributed by atoms with van der Waals surface area (Å²) in [5.41, 5.74) is 3.90. The lowest BCUT2D eigenvalue weighted by Gasteiger charge is -2.17. The number of carbonyl (C=O) groups excluding carboxylic acids is 1. The van der Waals surface area contributed by atoms with Gasteiger partial charge in [-0.1, -0.05) is 89.7 Å². The number of likely N-dealkylation sites (N-methyl/N-ethyl adjacent to an activating group) is 1. The second-order valence-corrected chi connectivity index (χ2v) is 12.6. The third kappa shape index (κ3) is 13.4. The van der Waals surface area contributed by atoms with Gasteiger partial charge >= 0.3 is 12.2 Å². The Bertz CT molecular complexity index is 1580. The Labute approximate surface area is 282 Å². The Morgan fingerprint density at radius 1 is 0.978 bits per heavy atom. The van der Waals surface area contributed by atoms with Gasteiger partial charge in [0.05, 0.1) is 22.6 Å². The van der Waals surface area contributed by atoms with Gasteiger partial charge in [0, 0.05) is 47.1 Å². The highest BCUT2D eigenvalue weighted by atomic mass is 35.5. The van der Waals surface area contributed by atoms with Crippen molar-refractivity contribution in [2.24, 2.45) is 4.99 Å². The van der Waals surface area contributed by atoms with Gasteiger partial charge in [-0.3, -0.25) is 5.32 Å². The molecule has 0 radical (unpaired) electrons. The van der Waals surface area contributed by atoms with E-state index < -0.39 is 17.8 Å². The van der Waals surface area contributed by atoms with E-state index in [0.717, 1.165) is 35.5 Å².